The van der Waals surface area contributed by atoms with Gasteiger partial charge in [0.15, 0.2) is 17.0 Å². The molecule has 11 N–H and O–H groups in total. The number of carbonyl (C=O) groups excluding carboxylic acids is 4. The van der Waals surface area contributed by atoms with E-state index < -0.39 is 58.9 Å². The van der Waals surface area contributed by atoms with Crippen LogP contribution in [0.1, 0.15) is 74.8 Å². The van der Waals surface area contributed by atoms with Crippen molar-refractivity contribution in [3.8, 4) is 0 Å². The van der Waals surface area contributed by atoms with E-state index in [9.17, 15) is 43.8 Å². The lowest BCUT2D eigenvalue weighted by Crippen LogP contribution is -2.42. The van der Waals surface area contributed by atoms with Gasteiger partial charge in [0.05, 0.1) is 69.1 Å². The number of aryl methyl sites for hydroxylation is 1. The van der Waals surface area contributed by atoms with E-state index in [1.165, 1.54) is 39.9 Å². The number of aromatic amines is 1. The molecule has 4 heterocycles. The summed E-state index contributed by atoms with van der Waals surface area (Å²) in [5.74, 6) is -2.46. The summed E-state index contributed by atoms with van der Waals surface area (Å²) in [6, 6.07) is 11.5. The molecule has 0 saturated carbocycles. The number of rotatable bonds is 36. The Labute approximate surface area is 478 Å². The number of anilines is 3. The molecule has 0 aliphatic rings. The number of nitrogens with zero attached hydrogens (tertiary/aromatic N) is 6. The van der Waals surface area contributed by atoms with E-state index in [0.717, 1.165) is 41.5 Å². The number of carbonyl (C=O) groups is 6. The predicted molar refractivity (Wildman–Crippen MR) is 308 cm³/mol. The molecule has 6 rings (SSSR count). The molecule has 29 heteroatoms. The van der Waals surface area contributed by atoms with Crippen molar-refractivity contribution in [2.24, 2.45) is 5.41 Å². The van der Waals surface area contributed by atoms with Gasteiger partial charge in [0.2, 0.25) is 17.8 Å². The van der Waals surface area contributed by atoms with Gasteiger partial charge in [0, 0.05) is 65.9 Å². The van der Waals surface area contributed by atoms with Crippen LogP contribution in [0, 0.1) is 5.41 Å². The maximum atomic E-state index is 12.8. The monoisotopic (exact) mass is 1180 g/mol. The van der Waals surface area contributed by atoms with Crippen molar-refractivity contribution in [3.63, 3.8) is 0 Å². The summed E-state index contributed by atoms with van der Waals surface area (Å²) in [7, 11) is 2.51. The summed E-state index contributed by atoms with van der Waals surface area (Å²) in [5.41, 5.74) is 14.6. The summed E-state index contributed by atoms with van der Waals surface area (Å²) in [6.07, 6.45) is 2.93. The van der Waals surface area contributed by atoms with Gasteiger partial charge in [0.25, 0.3) is 11.5 Å². The highest BCUT2D eigenvalue weighted by molar-refractivity contribution is 8.76. The van der Waals surface area contributed by atoms with Crippen LogP contribution in [0.3, 0.4) is 0 Å². The first-order valence-corrected chi connectivity index (χ1v) is 28.9. The van der Waals surface area contributed by atoms with Gasteiger partial charge < -0.3 is 71.2 Å². The van der Waals surface area contributed by atoms with Gasteiger partial charge in [-0.25, -0.2) is 34.3 Å². The second-order valence-electron chi connectivity index (χ2n) is 19.3. The first kappa shape index (κ1) is 63.3. The number of imidazole rings is 1. The average Bonchev–Trinajstić information content (AvgIpc) is 3.81. The minimum atomic E-state index is -1.32. The molecule has 82 heavy (non-hydrogen) atoms. The molecule has 2 atom stereocenters. The van der Waals surface area contributed by atoms with Crippen molar-refractivity contribution < 1.29 is 62.7 Å². The summed E-state index contributed by atoms with van der Waals surface area (Å²) in [5, 5.41) is 31.0. The molecule has 0 saturated heterocycles. The molecule has 0 bridgehead atoms. The fraction of sp³-hybridized carbons (Fsp3) is 0.472. The highest BCUT2D eigenvalue weighted by atomic mass is 33.1. The zero-order valence-electron chi connectivity index (χ0n) is 45.7. The van der Waals surface area contributed by atoms with Crippen LogP contribution in [0.2, 0.25) is 0 Å². The van der Waals surface area contributed by atoms with Crippen LogP contribution in [0.5, 0.6) is 0 Å². The number of nitrogens with one attached hydrogen (secondary N) is 5. The molecule has 2 aromatic carbocycles. The number of aliphatic carboxylic acids is 2. The summed E-state index contributed by atoms with van der Waals surface area (Å²) >= 11 is 0. The third-order valence-corrected chi connectivity index (χ3v) is 14.5. The maximum absolute atomic E-state index is 12.8. The summed E-state index contributed by atoms with van der Waals surface area (Å²) in [4.78, 5) is 110. The molecule has 0 spiro atoms. The van der Waals surface area contributed by atoms with Crippen molar-refractivity contribution in [1.82, 2.24) is 50.4 Å². The number of carboxylic acids is 2. The molecule has 27 nitrogen and oxygen atoms in total. The van der Waals surface area contributed by atoms with Crippen molar-refractivity contribution in [3.05, 3.63) is 82.2 Å². The van der Waals surface area contributed by atoms with Crippen LogP contribution in [-0.2, 0) is 62.4 Å². The average molecular weight is 1180 g/mol. The van der Waals surface area contributed by atoms with E-state index in [1.54, 1.807) is 12.1 Å². The number of aromatic nitrogens is 7. The number of ether oxygens (including phenoxy) is 5. The Balaban J connectivity index is 0.745. The fourth-order valence-corrected chi connectivity index (χ4v) is 9.95. The number of para-hydroxylation sites is 1. The Hall–Kier alpha value is -7.86. The van der Waals surface area contributed by atoms with Crippen molar-refractivity contribution in [1.29, 1.82) is 0 Å². The molecule has 0 radical (unpaired) electrons. The zero-order chi connectivity index (χ0) is 59.0. The van der Waals surface area contributed by atoms with Crippen molar-refractivity contribution >= 4 is 108 Å². The first-order valence-electron chi connectivity index (χ1n) is 26.4. The SMILES string of the molecule is CCCCc1nc2c(N)nc3ccccc3c2n1CC(C)(C)COC(=O)OCCSSC[C@H](NC(=O)CCOCCOCCOCCNC(=O)CC[C@H](NC(=O)c1ccc(NCc2cnc3nc(N)[nH]c(=O)c3n2)cc1)C(=O)O)C(=O)O. The normalized spacial score (nSPS) is 12.2. The number of hydrogen-bond donors (Lipinski definition) is 9. The molecule has 442 valence electrons. The third-order valence-electron chi connectivity index (χ3n) is 12.1. The van der Waals surface area contributed by atoms with E-state index in [1.807, 2.05) is 38.1 Å². The highest BCUT2D eigenvalue weighted by Crippen LogP contribution is 2.32. The van der Waals surface area contributed by atoms with Gasteiger partial charge in [-0.2, -0.15) is 4.98 Å². The van der Waals surface area contributed by atoms with Crippen LogP contribution in [-0.4, -0.2) is 163 Å². The number of pyridine rings is 1. The zero-order valence-corrected chi connectivity index (χ0v) is 47.4. The Bertz CT molecular complexity index is 3200. The lowest BCUT2D eigenvalue weighted by atomic mass is 9.94. The van der Waals surface area contributed by atoms with Gasteiger partial charge in [-0.3, -0.25) is 24.2 Å². The minimum Gasteiger partial charge on any atom is -0.480 e. The van der Waals surface area contributed by atoms with E-state index in [4.69, 9.17) is 40.1 Å². The van der Waals surface area contributed by atoms with Crippen LogP contribution in [0.25, 0.3) is 33.1 Å². The van der Waals surface area contributed by atoms with Crippen molar-refractivity contribution in [2.45, 2.75) is 84.5 Å². The van der Waals surface area contributed by atoms with Crippen LogP contribution >= 0.6 is 21.6 Å². The quantitative estimate of drug-likeness (QED) is 0.0152. The lowest BCUT2D eigenvalue weighted by molar-refractivity contribution is -0.141. The van der Waals surface area contributed by atoms with E-state index in [2.05, 4.69) is 57.7 Å². The number of H-pyrrole nitrogens is 1. The second-order valence-corrected chi connectivity index (χ2v) is 21.9. The number of fused-ring (bicyclic) bond motifs is 4. The van der Waals surface area contributed by atoms with Gasteiger partial charge >= 0.3 is 18.1 Å². The Morgan fingerprint density at radius 2 is 1.51 bits per heavy atom. The molecule has 0 aliphatic carbocycles. The smallest absolute Gasteiger partial charge is 0.480 e. The van der Waals surface area contributed by atoms with Gasteiger partial charge in [0.1, 0.15) is 36.6 Å². The number of benzene rings is 2. The molecule has 0 fully saturated rings. The molecular formula is C53H69N13O14S2. The fourth-order valence-electron chi connectivity index (χ4n) is 7.97. The lowest BCUT2D eigenvalue weighted by Gasteiger charge is -2.26. The minimum absolute atomic E-state index is 0.0306. The van der Waals surface area contributed by atoms with Crippen molar-refractivity contribution in [2.75, 3.05) is 87.7 Å². The Kier molecular flexibility index (Phi) is 24.7. The number of nitrogens with two attached hydrogens (primary N) is 2. The van der Waals surface area contributed by atoms with E-state index in [0.29, 0.717) is 35.0 Å². The predicted octanol–water partition coefficient (Wildman–Crippen LogP) is 4.08. The Morgan fingerprint density at radius 3 is 2.24 bits per heavy atom. The summed E-state index contributed by atoms with van der Waals surface area (Å²) in [6.45, 7) is 8.08. The summed E-state index contributed by atoms with van der Waals surface area (Å²) < 4.78 is 29.3. The molecule has 4 aromatic heterocycles. The molecule has 0 aliphatic heterocycles. The second kappa shape index (κ2) is 32.0. The standard InChI is InChI=1S/C53H69N13O14S2/c1-4-5-10-39-63-42-44(35-8-6-7-9-36(35)61-45(42)54)66(39)30-53(2,3)31-80-52(75)79-25-26-81-82-29-38(50(73)74)60-41(68)17-19-76-21-23-78-24-22-77-20-18-56-40(67)16-15-37(49(71)72)62-47(69)32-11-13-33(14-12-32)57-27-34-28-58-46-43(59-34)48(70)65-51(55)64-46/h6-9,11-14,28,37-38,57H,4-5,10,15-27,29-31H2,1-3H3,(H2,54,61)(H,56,67)(H,60,68)(H,62,69)(H,71,72)(H,73,74)(H3,55,58,64,65,70)/t37-,38-/m0/s1. The molecular weight excluding hydrogens is 1110 g/mol. The number of carboxylic acid groups (broad SMARTS) is 2. The van der Waals surface area contributed by atoms with Gasteiger partial charge in [-0.15, -0.1) is 0 Å². The number of amides is 3. The van der Waals surface area contributed by atoms with Crippen LogP contribution in [0.4, 0.5) is 22.2 Å². The topological polar surface area (TPSA) is 391 Å². The molecule has 0 unspecified atom stereocenters. The number of hydrogen-bond acceptors (Lipinski definition) is 22. The Morgan fingerprint density at radius 1 is 0.793 bits per heavy atom. The number of nitrogen functional groups attached to an aromatic ring is 2. The maximum Gasteiger partial charge on any atom is 0.508 e. The van der Waals surface area contributed by atoms with Crippen LogP contribution < -0.4 is 38.3 Å². The van der Waals surface area contributed by atoms with E-state index in [-0.39, 0.29) is 114 Å². The molecule has 3 amide bonds. The van der Waals surface area contributed by atoms with E-state index >= 15 is 0 Å². The number of unbranched alkanes of at least 4 members (excludes halogenated alkanes) is 1. The third kappa shape index (κ3) is 20.0. The van der Waals surface area contributed by atoms with Crippen LogP contribution in [0.15, 0.2) is 59.5 Å². The van der Waals surface area contributed by atoms with Gasteiger partial charge in [-0.05, 0) is 43.2 Å². The first-order chi connectivity index (χ1) is 39.4. The van der Waals surface area contributed by atoms with Gasteiger partial charge in [-0.1, -0.05) is 67.0 Å². The highest BCUT2D eigenvalue weighted by Gasteiger charge is 2.27. The molecule has 6 aromatic rings. The largest absolute Gasteiger partial charge is 0.508 e.